The third kappa shape index (κ3) is 2.99. The Morgan fingerprint density at radius 3 is 2.50 bits per heavy atom. The maximum absolute atomic E-state index is 11.9. The van der Waals surface area contributed by atoms with Gasteiger partial charge in [0.05, 0.1) is 22.6 Å². The third-order valence-corrected chi connectivity index (χ3v) is 4.30. The Morgan fingerprint density at radius 2 is 2.00 bits per heavy atom. The zero-order valence-electron chi connectivity index (χ0n) is 10.1. The van der Waals surface area contributed by atoms with Crippen molar-refractivity contribution in [1.29, 1.82) is 0 Å². The smallest absolute Gasteiger partial charge is 0.276 e. The molecule has 1 aromatic carbocycles. The summed E-state index contributed by atoms with van der Waals surface area (Å²) in [6.07, 6.45) is 0. The van der Waals surface area contributed by atoms with Gasteiger partial charge in [-0.05, 0) is 18.2 Å². The summed E-state index contributed by atoms with van der Waals surface area (Å²) in [6.45, 7) is 0. The average molecular weight is 293 g/mol. The molecular formula is C10H13ClN2O4S. The molecule has 8 heteroatoms. The van der Waals surface area contributed by atoms with E-state index in [1.54, 1.807) is 0 Å². The van der Waals surface area contributed by atoms with Crippen molar-refractivity contribution in [2.24, 2.45) is 0 Å². The van der Waals surface area contributed by atoms with E-state index < -0.39 is 15.9 Å². The van der Waals surface area contributed by atoms with E-state index in [4.69, 9.17) is 11.6 Å². The van der Waals surface area contributed by atoms with Crippen molar-refractivity contribution in [3.05, 3.63) is 28.8 Å². The van der Waals surface area contributed by atoms with Crippen LogP contribution in [0, 0.1) is 0 Å². The molecule has 0 atom stereocenters. The summed E-state index contributed by atoms with van der Waals surface area (Å²) in [5.74, 6) is -0.613. The number of hydroxylamine groups is 1. The molecule has 0 bridgehead atoms. The molecule has 0 unspecified atom stereocenters. The number of nitrogens with zero attached hydrogens (tertiary/aromatic N) is 1. The number of carbonyl (C=O) groups is 1. The molecule has 0 spiro atoms. The Kier molecular flexibility index (Phi) is 4.69. The topological polar surface area (TPSA) is 75.7 Å². The number of hydrogen-bond acceptors (Lipinski definition) is 4. The van der Waals surface area contributed by atoms with E-state index in [0.29, 0.717) is 0 Å². The molecule has 1 N–H and O–H groups in total. The second-order valence-corrected chi connectivity index (χ2v) is 6.12. The average Bonchev–Trinajstić information content (AvgIpc) is 2.29. The first-order valence-electron chi connectivity index (χ1n) is 4.86. The molecule has 0 aliphatic carbocycles. The molecule has 18 heavy (non-hydrogen) atoms. The number of hydrogen-bond donors (Lipinski definition) is 1. The van der Waals surface area contributed by atoms with Crippen molar-refractivity contribution in [3.63, 3.8) is 0 Å². The molecule has 0 radical (unpaired) electrons. The zero-order valence-corrected chi connectivity index (χ0v) is 11.7. The number of benzene rings is 1. The predicted octanol–water partition coefficient (Wildman–Crippen LogP) is 0.882. The van der Waals surface area contributed by atoms with Crippen LogP contribution in [-0.4, -0.2) is 39.8 Å². The lowest BCUT2D eigenvalue weighted by atomic mass is 10.2. The van der Waals surface area contributed by atoms with Crippen LogP contribution in [0.15, 0.2) is 23.1 Å². The van der Waals surface area contributed by atoms with Gasteiger partial charge in [0.1, 0.15) is 0 Å². The van der Waals surface area contributed by atoms with Crippen LogP contribution >= 0.6 is 11.6 Å². The number of sulfonamides is 1. The number of halogens is 1. The van der Waals surface area contributed by atoms with E-state index in [9.17, 15) is 13.2 Å². The quantitative estimate of drug-likeness (QED) is 0.836. The van der Waals surface area contributed by atoms with Crippen molar-refractivity contribution in [1.82, 2.24) is 9.79 Å². The van der Waals surface area contributed by atoms with E-state index in [0.717, 1.165) is 4.31 Å². The van der Waals surface area contributed by atoms with Gasteiger partial charge in [0.15, 0.2) is 0 Å². The maximum atomic E-state index is 11.9. The first-order valence-corrected chi connectivity index (χ1v) is 6.68. The van der Waals surface area contributed by atoms with E-state index in [-0.39, 0.29) is 15.5 Å². The second-order valence-electron chi connectivity index (χ2n) is 3.56. The Balaban J connectivity index is 3.29. The molecule has 1 amide bonds. The van der Waals surface area contributed by atoms with Crippen LogP contribution in [0.5, 0.6) is 0 Å². The fraction of sp³-hybridized carbons (Fsp3) is 0.300. The van der Waals surface area contributed by atoms with E-state index in [2.05, 4.69) is 10.3 Å². The van der Waals surface area contributed by atoms with Gasteiger partial charge in [-0.3, -0.25) is 9.63 Å². The Hall–Kier alpha value is -1.15. The Labute approximate surface area is 110 Å². The summed E-state index contributed by atoms with van der Waals surface area (Å²) in [7, 11) is 0.463. The molecule has 0 aromatic heterocycles. The molecule has 0 aliphatic rings. The molecule has 1 rings (SSSR count). The van der Waals surface area contributed by atoms with Gasteiger partial charge in [-0.25, -0.2) is 18.2 Å². The van der Waals surface area contributed by atoms with Crippen molar-refractivity contribution >= 4 is 27.5 Å². The molecule has 100 valence electrons. The molecule has 0 heterocycles. The van der Waals surface area contributed by atoms with Gasteiger partial charge < -0.3 is 0 Å². The van der Waals surface area contributed by atoms with Gasteiger partial charge >= 0.3 is 0 Å². The van der Waals surface area contributed by atoms with Crippen molar-refractivity contribution in [3.8, 4) is 0 Å². The minimum Gasteiger partial charge on any atom is -0.277 e. The summed E-state index contributed by atoms with van der Waals surface area (Å²) in [4.78, 5) is 16.0. The monoisotopic (exact) mass is 292 g/mol. The highest BCUT2D eigenvalue weighted by Crippen LogP contribution is 2.22. The number of carbonyl (C=O) groups excluding carboxylic acids is 1. The molecule has 0 saturated carbocycles. The van der Waals surface area contributed by atoms with Crippen LogP contribution < -0.4 is 5.48 Å². The molecular weight excluding hydrogens is 280 g/mol. The van der Waals surface area contributed by atoms with Gasteiger partial charge in [0.25, 0.3) is 5.91 Å². The predicted molar refractivity (Wildman–Crippen MR) is 66.8 cm³/mol. The molecule has 0 saturated heterocycles. The molecule has 0 aliphatic heterocycles. The summed E-state index contributed by atoms with van der Waals surface area (Å²) in [6, 6.07) is 3.88. The summed E-state index contributed by atoms with van der Waals surface area (Å²) in [5, 5.41) is 0.141. The van der Waals surface area contributed by atoms with Gasteiger partial charge in [0.2, 0.25) is 10.0 Å². The van der Waals surface area contributed by atoms with Gasteiger partial charge in [-0.1, -0.05) is 11.6 Å². The summed E-state index contributed by atoms with van der Waals surface area (Å²) < 4.78 is 24.8. The Morgan fingerprint density at radius 1 is 1.39 bits per heavy atom. The highest BCUT2D eigenvalue weighted by molar-refractivity contribution is 7.89. The first kappa shape index (κ1) is 14.9. The standard InChI is InChI=1S/C10H13ClN2O4S/c1-13(2)18(15,16)7-4-5-9(11)8(6-7)10(14)12-17-3/h4-6H,1-3H3,(H,12,14). The fourth-order valence-electron chi connectivity index (χ4n) is 1.20. The summed E-state index contributed by atoms with van der Waals surface area (Å²) in [5.41, 5.74) is 2.11. The fourth-order valence-corrected chi connectivity index (χ4v) is 2.33. The van der Waals surface area contributed by atoms with Crippen molar-refractivity contribution < 1.29 is 18.0 Å². The van der Waals surface area contributed by atoms with Crippen LogP contribution in [0.3, 0.4) is 0 Å². The van der Waals surface area contributed by atoms with Gasteiger partial charge in [0, 0.05) is 14.1 Å². The van der Waals surface area contributed by atoms with E-state index >= 15 is 0 Å². The third-order valence-electron chi connectivity index (χ3n) is 2.16. The SMILES string of the molecule is CONC(=O)c1cc(S(=O)(=O)N(C)C)ccc1Cl. The van der Waals surface area contributed by atoms with Crippen LogP contribution in [-0.2, 0) is 14.9 Å². The second kappa shape index (κ2) is 5.66. The number of rotatable bonds is 4. The zero-order chi connectivity index (χ0) is 13.9. The van der Waals surface area contributed by atoms with E-state index in [1.165, 1.54) is 39.4 Å². The number of nitrogens with one attached hydrogen (secondary N) is 1. The van der Waals surface area contributed by atoms with Crippen LogP contribution in [0.4, 0.5) is 0 Å². The van der Waals surface area contributed by atoms with Gasteiger partial charge in [-0.15, -0.1) is 0 Å². The molecule has 0 fully saturated rings. The summed E-state index contributed by atoms with van der Waals surface area (Å²) >= 11 is 5.83. The van der Waals surface area contributed by atoms with Crippen LogP contribution in [0.1, 0.15) is 10.4 Å². The first-order chi connectivity index (χ1) is 8.30. The maximum Gasteiger partial charge on any atom is 0.276 e. The Bertz CT molecular complexity index is 557. The highest BCUT2D eigenvalue weighted by Gasteiger charge is 2.20. The minimum absolute atomic E-state index is 0.0156. The lowest BCUT2D eigenvalue weighted by Gasteiger charge is -2.12. The minimum atomic E-state index is -3.61. The molecule has 1 aromatic rings. The van der Waals surface area contributed by atoms with Crippen molar-refractivity contribution in [2.45, 2.75) is 4.90 Å². The van der Waals surface area contributed by atoms with E-state index in [1.807, 2.05) is 0 Å². The van der Waals surface area contributed by atoms with Crippen LogP contribution in [0.2, 0.25) is 5.02 Å². The largest absolute Gasteiger partial charge is 0.277 e. The lowest BCUT2D eigenvalue weighted by molar-refractivity contribution is 0.0537. The molecule has 6 nitrogen and oxygen atoms in total. The lowest BCUT2D eigenvalue weighted by Crippen LogP contribution is -2.25. The van der Waals surface area contributed by atoms with Crippen molar-refractivity contribution in [2.75, 3.05) is 21.2 Å². The van der Waals surface area contributed by atoms with Crippen LogP contribution in [0.25, 0.3) is 0 Å². The number of amides is 1. The normalized spacial score (nSPS) is 11.6. The van der Waals surface area contributed by atoms with Gasteiger partial charge in [-0.2, -0.15) is 0 Å². The highest BCUT2D eigenvalue weighted by atomic mass is 35.5.